The standard InChI is InChI=1S/C20H17N3O2/c1-22-16-10-6-7-11-17(16)23(2)18(22)13-12-15-19(21-25-20(15)24)14-8-4-3-5-9-14/h3-13H,1-2H3. The van der Waals surface area contributed by atoms with Crippen LogP contribution in [0.5, 0.6) is 0 Å². The lowest BCUT2D eigenvalue weighted by Gasteiger charge is -2.17. The van der Waals surface area contributed by atoms with E-state index in [2.05, 4.69) is 27.1 Å². The van der Waals surface area contributed by atoms with Crippen LogP contribution in [0.3, 0.4) is 0 Å². The van der Waals surface area contributed by atoms with Crippen LogP contribution in [0.15, 0.2) is 83.3 Å². The minimum Gasteiger partial charge on any atom is -0.329 e. The molecule has 5 nitrogen and oxygen atoms in total. The summed E-state index contributed by atoms with van der Waals surface area (Å²) in [6.07, 6.45) is 3.69. The Morgan fingerprint density at radius 3 is 2.12 bits per heavy atom. The van der Waals surface area contributed by atoms with Gasteiger partial charge in [-0.15, -0.1) is 0 Å². The summed E-state index contributed by atoms with van der Waals surface area (Å²) in [5, 5.41) is 3.93. The SMILES string of the molecule is CN1C(=CC=C2C(=O)ON=C2c2ccccc2)N(C)c2ccccc21. The van der Waals surface area contributed by atoms with Crippen molar-refractivity contribution < 1.29 is 9.63 Å². The normalized spacial score (nSPS) is 17.7. The molecule has 0 amide bonds. The highest BCUT2D eigenvalue weighted by Crippen LogP contribution is 2.39. The van der Waals surface area contributed by atoms with Crippen molar-refractivity contribution in [3.05, 3.63) is 83.7 Å². The summed E-state index contributed by atoms with van der Waals surface area (Å²) in [5.41, 5.74) is 4.12. The van der Waals surface area contributed by atoms with Crippen LogP contribution in [0.2, 0.25) is 0 Å². The molecule has 0 aromatic heterocycles. The summed E-state index contributed by atoms with van der Waals surface area (Å²) < 4.78 is 0. The van der Waals surface area contributed by atoms with Crippen molar-refractivity contribution in [2.24, 2.45) is 5.16 Å². The van der Waals surface area contributed by atoms with Gasteiger partial charge < -0.3 is 14.6 Å². The van der Waals surface area contributed by atoms with Gasteiger partial charge in [0.05, 0.1) is 16.9 Å². The van der Waals surface area contributed by atoms with E-state index in [4.69, 9.17) is 4.84 Å². The maximum atomic E-state index is 12.1. The Labute approximate surface area is 146 Å². The molecule has 2 aliphatic rings. The smallest absolute Gasteiger partial charge is 0.329 e. The number of para-hydroxylation sites is 2. The van der Waals surface area contributed by atoms with Crippen LogP contribution in [0.1, 0.15) is 5.56 Å². The van der Waals surface area contributed by atoms with Gasteiger partial charge in [-0.1, -0.05) is 47.6 Å². The van der Waals surface area contributed by atoms with Crippen LogP contribution < -0.4 is 9.80 Å². The molecule has 0 spiro atoms. The Hall–Kier alpha value is -3.34. The number of benzene rings is 2. The van der Waals surface area contributed by atoms with E-state index in [1.165, 1.54) is 0 Å². The van der Waals surface area contributed by atoms with Crippen molar-refractivity contribution in [2.45, 2.75) is 0 Å². The number of nitrogens with zero attached hydrogens (tertiary/aromatic N) is 3. The highest BCUT2D eigenvalue weighted by Gasteiger charge is 2.28. The molecule has 0 aliphatic carbocycles. The molecule has 0 bridgehead atoms. The van der Waals surface area contributed by atoms with E-state index in [0.29, 0.717) is 11.3 Å². The Kier molecular flexibility index (Phi) is 3.61. The monoisotopic (exact) mass is 331 g/mol. The molecule has 5 heteroatoms. The number of hydrogen-bond acceptors (Lipinski definition) is 5. The Morgan fingerprint density at radius 1 is 0.880 bits per heavy atom. The van der Waals surface area contributed by atoms with Crippen molar-refractivity contribution >= 4 is 23.1 Å². The summed E-state index contributed by atoms with van der Waals surface area (Å²) in [6.45, 7) is 0. The van der Waals surface area contributed by atoms with E-state index >= 15 is 0 Å². The summed E-state index contributed by atoms with van der Waals surface area (Å²) in [7, 11) is 4.01. The number of allylic oxidation sites excluding steroid dienone is 2. The van der Waals surface area contributed by atoms with E-state index in [1.54, 1.807) is 6.08 Å². The van der Waals surface area contributed by atoms with Gasteiger partial charge in [-0.25, -0.2) is 4.79 Å². The first-order valence-electron chi connectivity index (χ1n) is 8.00. The Bertz CT molecular complexity index is 898. The van der Waals surface area contributed by atoms with Crippen LogP contribution in [-0.4, -0.2) is 25.8 Å². The van der Waals surface area contributed by atoms with Gasteiger partial charge in [0.25, 0.3) is 0 Å². The molecule has 0 N–H and O–H groups in total. The molecule has 2 heterocycles. The third-order valence-electron chi connectivity index (χ3n) is 4.43. The number of rotatable bonds is 2. The zero-order valence-electron chi connectivity index (χ0n) is 14.0. The quantitative estimate of drug-likeness (QED) is 0.626. The number of oxime groups is 1. The molecule has 4 rings (SSSR count). The second-order valence-electron chi connectivity index (χ2n) is 5.90. The minimum atomic E-state index is -0.434. The maximum absolute atomic E-state index is 12.1. The lowest BCUT2D eigenvalue weighted by atomic mass is 10.0. The van der Waals surface area contributed by atoms with Gasteiger partial charge in [0.1, 0.15) is 11.5 Å². The lowest BCUT2D eigenvalue weighted by Crippen LogP contribution is -2.21. The average Bonchev–Trinajstić information content (AvgIpc) is 3.13. The third kappa shape index (κ3) is 2.50. The lowest BCUT2D eigenvalue weighted by molar-refractivity contribution is -0.136. The molecule has 25 heavy (non-hydrogen) atoms. The number of carbonyl (C=O) groups is 1. The summed E-state index contributed by atoms with van der Waals surface area (Å²) in [5.74, 6) is 0.539. The van der Waals surface area contributed by atoms with Crippen molar-refractivity contribution in [1.82, 2.24) is 0 Å². The molecule has 0 saturated carbocycles. The fourth-order valence-electron chi connectivity index (χ4n) is 3.12. The molecular weight excluding hydrogens is 314 g/mol. The molecule has 0 saturated heterocycles. The van der Waals surface area contributed by atoms with Crippen molar-refractivity contribution in [1.29, 1.82) is 0 Å². The van der Waals surface area contributed by atoms with E-state index in [1.807, 2.05) is 62.6 Å². The first-order valence-corrected chi connectivity index (χ1v) is 8.00. The van der Waals surface area contributed by atoms with Gasteiger partial charge in [0.15, 0.2) is 0 Å². The highest BCUT2D eigenvalue weighted by atomic mass is 16.7. The topological polar surface area (TPSA) is 45.1 Å². The van der Waals surface area contributed by atoms with Gasteiger partial charge >= 0.3 is 5.97 Å². The third-order valence-corrected chi connectivity index (χ3v) is 4.43. The molecule has 2 aromatic rings. The largest absolute Gasteiger partial charge is 0.368 e. The number of hydrogen-bond donors (Lipinski definition) is 0. The van der Waals surface area contributed by atoms with Crippen LogP contribution in [0.4, 0.5) is 11.4 Å². The van der Waals surface area contributed by atoms with E-state index in [9.17, 15) is 4.79 Å². The first-order chi connectivity index (χ1) is 12.2. The van der Waals surface area contributed by atoms with Crippen LogP contribution in [0, 0.1) is 0 Å². The predicted molar refractivity (Wildman–Crippen MR) is 98.5 cm³/mol. The molecule has 0 fully saturated rings. The Morgan fingerprint density at radius 2 is 1.48 bits per heavy atom. The van der Waals surface area contributed by atoms with Crippen molar-refractivity contribution in [2.75, 3.05) is 23.9 Å². The highest BCUT2D eigenvalue weighted by molar-refractivity contribution is 6.28. The van der Waals surface area contributed by atoms with E-state index in [0.717, 1.165) is 22.8 Å². The predicted octanol–water partition coefficient (Wildman–Crippen LogP) is 3.30. The zero-order valence-corrected chi connectivity index (χ0v) is 14.0. The number of anilines is 2. The van der Waals surface area contributed by atoms with Gasteiger partial charge in [0, 0.05) is 19.7 Å². The average molecular weight is 331 g/mol. The van der Waals surface area contributed by atoms with Gasteiger partial charge in [-0.3, -0.25) is 0 Å². The molecule has 2 aliphatic heterocycles. The first kappa shape index (κ1) is 15.2. The fourth-order valence-corrected chi connectivity index (χ4v) is 3.12. The molecular formula is C20H17N3O2. The second-order valence-corrected chi connectivity index (χ2v) is 5.90. The van der Waals surface area contributed by atoms with Gasteiger partial charge in [-0.2, -0.15) is 0 Å². The zero-order chi connectivity index (χ0) is 17.4. The minimum absolute atomic E-state index is 0.434. The summed E-state index contributed by atoms with van der Waals surface area (Å²) >= 11 is 0. The Balaban J connectivity index is 1.70. The molecule has 124 valence electrons. The van der Waals surface area contributed by atoms with E-state index in [-0.39, 0.29) is 0 Å². The van der Waals surface area contributed by atoms with Gasteiger partial charge in [0.2, 0.25) is 0 Å². The number of fused-ring (bicyclic) bond motifs is 1. The maximum Gasteiger partial charge on any atom is 0.368 e. The van der Waals surface area contributed by atoms with Crippen molar-refractivity contribution in [3.63, 3.8) is 0 Å². The van der Waals surface area contributed by atoms with Crippen molar-refractivity contribution in [3.8, 4) is 0 Å². The van der Waals surface area contributed by atoms with Crippen LogP contribution >= 0.6 is 0 Å². The van der Waals surface area contributed by atoms with Crippen LogP contribution in [-0.2, 0) is 9.63 Å². The molecule has 0 radical (unpaired) electrons. The summed E-state index contributed by atoms with van der Waals surface area (Å²) in [4.78, 5) is 21.1. The molecule has 0 atom stereocenters. The molecule has 0 unspecified atom stereocenters. The van der Waals surface area contributed by atoms with E-state index < -0.39 is 5.97 Å². The number of carbonyl (C=O) groups excluding carboxylic acids is 1. The fraction of sp³-hybridized carbons (Fsp3) is 0.100. The molecule has 2 aromatic carbocycles. The van der Waals surface area contributed by atoms with Gasteiger partial charge in [-0.05, 0) is 24.3 Å². The van der Waals surface area contributed by atoms with Crippen LogP contribution in [0.25, 0.3) is 0 Å². The summed E-state index contributed by atoms with van der Waals surface area (Å²) in [6, 6.07) is 17.7. The second kappa shape index (κ2) is 5.94.